The van der Waals surface area contributed by atoms with Crippen LogP contribution in [0, 0.1) is 18.3 Å². The lowest BCUT2D eigenvalue weighted by Crippen LogP contribution is -2.07. The van der Waals surface area contributed by atoms with Crippen LogP contribution in [0.5, 0.6) is 0 Å². The fourth-order valence-electron chi connectivity index (χ4n) is 3.03. The zero-order valence-electron chi connectivity index (χ0n) is 14.8. The molecule has 0 radical (unpaired) electrons. The highest BCUT2D eigenvalue weighted by atomic mass is 35.5. The predicted octanol–water partition coefficient (Wildman–Crippen LogP) is 4.54. The Morgan fingerprint density at radius 1 is 1.07 bits per heavy atom. The van der Waals surface area contributed by atoms with Crippen molar-refractivity contribution in [3.8, 4) is 6.07 Å². The summed E-state index contributed by atoms with van der Waals surface area (Å²) in [5.41, 5.74) is 3.28. The van der Waals surface area contributed by atoms with E-state index in [1.54, 1.807) is 23.7 Å². The third-order valence-electron chi connectivity index (χ3n) is 4.39. The van der Waals surface area contributed by atoms with Crippen molar-refractivity contribution in [2.75, 3.05) is 0 Å². The summed E-state index contributed by atoms with van der Waals surface area (Å²) in [6.45, 7) is 2.20. The van der Waals surface area contributed by atoms with Crippen LogP contribution in [0.4, 0.5) is 0 Å². The third-order valence-corrected chi connectivity index (χ3v) is 5.01. The average Bonchev–Trinajstić information content (AvgIpc) is 3.08. The summed E-state index contributed by atoms with van der Waals surface area (Å²) in [6, 6.07) is 17.0. The number of fused-ring (bicyclic) bond motifs is 1. The first kappa shape index (κ1) is 18.4. The van der Waals surface area contributed by atoms with Crippen molar-refractivity contribution in [1.82, 2.24) is 25.0 Å². The molecule has 0 amide bonds. The Bertz CT molecular complexity index is 1190. The van der Waals surface area contributed by atoms with Crippen molar-refractivity contribution >= 4 is 34.4 Å². The number of benzene rings is 2. The Kier molecular flexibility index (Phi) is 4.95. The first-order chi connectivity index (χ1) is 13.6. The van der Waals surface area contributed by atoms with E-state index in [1.807, 2.05) is 36.4 Å². The van der Waals surface area contributed by atoms with Gasteiger partial charge in [0.15, 0.2) is 11.2 Å². The molecule has 138 valence electrons. The molecule has 0 bridgehead atoms. The molecule has 2 heterocycles. The molecule has 4 aromatic rings. The monoisotopic (exact) mass is 408 g/mol. The predicted molar refractivity (Wildman–Crippen MR) is 107 cm³/mol. The van der Waals surface area contributed by atoms with E-state index in [0.29, 0.717) is 39.3 Å². The van der Waals surface area contributed by atoms with Gasteiger partial charge in [-0.25, -0.2) is 14.6 Å². The summed E-state index contributed by atoms with van der Waals surface area (Å²) >= 11 is 12.2. The molecule has 2 aromatic carbocycles. The van der Waals surface area contributed by atoms with Gasteiger partial charge < -0.3 is 0 Å². The summed E-state index contributed by atoms with van der Waals surface area (Å²) < 4.78 is 1.67. The molecule has 6 nitrogen and oxygen atoms in total. The molecule has 4 rings (SSSR count). The van der Waals surface area contributed by atoms with Crippen LogP contribution in [-0.2, 0) is 6.54 Å². The zero-order chi connectivity index (χ0) is 19.7. The molecule has 0 aliphatic heterocycles. The summed E-state index contributed by atoms with van der Waals surface area (Å²) in [7, 11) is 0. The minimum absolute atomic E-state index is 0.421. The minimum Gasteiger partial charge on any atom is -0.234 e. The SMILES string of the molecule is Cc1nc(C(C#N)c2ccc(Cl)cc2)c2nnn(Cc3ccccc3Cl)c2n1. The van der Waals surface area contributed by atoms with Crippen molar-refractivity contribution in [3.05, 3.63) is 81.2 Å². The largest absolute Gasteiger partial charge is 0.234 e. The molecule has 0 aliphatic carbocycles. The molecular weight excluding hydrogens is 395 g/mol. The van der Waals surface area contributed by atoms with Gasteiger partial charge in [-0.15, -0.1) is 5.10 Å². The van der Waals surface area contributed by atoms with Gasteiger partial charge >= 0.3 is 0 Å². The summed E-state index contributed by atoms with van der Waals surface area (Å²) in [5, 5.41) is 19.6. The van der Waals surface area contributed by atoms with Crippen molar-refractivity contribution < 1.29 is 0 Å². The second-order valence-corrected chi connectivity index (χ2v) is 7.12. The van der Waals surface area contributed by atoms with Gasteiger partial charge in [-0.1, -0.05) is 58.7 Å². The van der Waals surface area contributed by atoms with E-state index in [-0.39, 0.29) is 0 Å². The molecule has 8 heteroatoms. The smallest absolute Gasteiger partial charge is 0.182 e. The van der Waals surface area contributed by atoms with E-state index in [4.69, 9.17) is 23.2 Å². The topological polar surface area (TPSA) is 80.3 Å². The fourth-order valence-corrected chi connectivity index (χ4v) is 3.36. The average molecular weight is 409 g/mol. The quantitative estimate of drug-likeness (QED) is 0.494. The second kappa shape index (κ2) is 7.55. The van der Waals surface area contributed by atoms with Crippen LogP contribution in [0.2, 0.25) is 10.0 Å². The summed E-state index contributed by atoms with van der Waals surface area (Å²) in [4.78, 5) is 9.00. The van der Waals surface area contributed by atoms with Gasteiger partial charge in [-0.2, -0.15) is 5.26 Å². The van der Waals surface area contributed by atoms with Gasteiger partial charge in [-0.3, -0.25) is 0 Å². The maximum absolute atomic E-state index is 9.82. The summed E-state index contributed by atoms with van der Waals surface area (Å²) in [6.07, 6.45) is 0. The van der Waals surface area contributed by atoms with Crippen LogP contribution in [0.3, 0.4) is 0 Å². The number of hydrogen-bond acceptors (Lipinski definition) is 5. The number of hydrogen-bond donors (Lipinski definition) is 0. The van der Waals surface area contributed by atoms with Crippen molar-refractivity contribution in [3.63, 3.8) is 0 Å². The maximum atomic E-state index is 9.82. The molecular formula is C20H14Cl2N6. The van der Waals surface area contributed by atoms with Gasteiger partial charge in [0.25, 0.3) is 0 Å². The molecule has 0 saturated heterocycles. The van der Waals surface area contributed by atoms with E-state index in [0.717, 1.165) is 11.1 Å². The Morgan fingerprint density at radius 2 is 1.82 bits per heavy atom. The van der Waals surface area contributed by atoms with E-state index >= 15 is 0 Å². The van der Waals surface area contributed by atoms with Crippen LogP contribution in [-0.4, -0.2) is 25.0 Å². The standard InChI is InChI=1S/C20H14Cl2N6/c1-12-24-18(16(10-23)13-6-8-15(21)9-7-13)19-20(25-12)28(27-26-19)11-14-4-2-3-5-17(14)22/h2-9,16H,11H2,1H3. The second-order valence-electron chi connectivity index (χ2n) is 6.28. The lowest BCUT2D eigenvalue weighted by atomic mass is 9.96. The van der Waals surface area contributed by atoms with Gasteiger partial charge in [-0.05, 0) is 36.2 Å². The van der Waals surface area contributed by atoms with E-state index in [1.165, 1.54) is 0 Å². The van der Waals surface area contributed by atoms with Crippen molar-refractivity contribution in [2.24, 2.45) is 0 Å². The van der Waals surface area contributed by atoms with Crippen LogP contribution >= 0.6 is 23.2 Å². The van der Waals surface area contributed by atoms with Gasteiger partial charge in [0.05, 0.1) is 18.3 Å². The lowest BCUT2D eigenvalue weighted by Gasteiger charge is -2.11. The lowest BCUT2D eigenvalue weighted by molar-refractivity contribution is 0.663. The van der Waals surface area contributed by atoms with E-state index < -0.39 is 5.92 Å². The van der Waals surface area contributed by atoms with E-state index in [2.05, 4.69) is 26.3 Å². The number of nitriles is 1. The number of aryl methyl sites for hydroxylation is 1. The number of nitrogens with zero attached hydrogens (tertiary/aromatic N) is 6. The maximum Gasteiger partial charge on any atom is 0.182 e. The molecule has 1 unspecified atom stereocenters. The zero-order valence-corrected chi connectivity index (χ0v) is 16.4. The van der Waals surface area contributed by atoms with Gasteiger partial charge in [0, 0.05) is 10.0 Å². The van der Waals surface area contributed by atoms with Gasteiger partial charge in [0.1, 0.15) is 11.7 Å². The molecule has 2 aromatic heterocycles. The fraction of sp³-hybridized carbons (Fsp3) is 0.150. The van der Waals surface area contributed by atoms with Crippen LogP contribution in [0.1, 0.15) is 28.6 Å². The Morgan fingerprint density at radius 3 is 2.54 bits per heavy atom. The highest BCUT2D eigenvalue weighted by molar-refractivity contribution is 6.31. The number of halogens is 2. The highest BCUT2D eigenvalue weighted by Gasteiger charge is 2.23. The number of rotatable bonds is 4. The van der Waals surface area contributed by atoms with Crippen LogP contribution in [0.25, 0.3) is 11.2 Å². The Labute approximate surface area is 171 Å². The number of aromatic nitrogens is 5. The van der Waals surface area contributed by atoms with Crippen molar-refractivity contribution in [1.29, 1.82) is 5.26 Å². The summed E-state index contributed by atoms with van der Waals surface area (Å²) in [5.74, 6) is -0.0636. The van der Waals surface area contributed by atoms with E-state index in [9.17, 15) is 5.26 Å². The minimum atomic E-state index is -0.605. The Hall–Kier alpha value is -3.01. The first-order valence-electron chi connectivity index (χ1n) is 8.53. The van der Waals surface area contributed by atoms with Gasteiger partial charge in [0.2, 0.25) is 0 Å². The molecule has 0 saturated carbocycles. The molecule has 1 atom stereocenters. The Balaban J connectivity index is 1.82. The molecule has 0 aliphatic rings. The van der Waals surface area contributed by atoms with Crippen LogP contribution < -0.4 is 0 Å². The molecule has 0 N–H and O–H groups in total. The molecule has 0 spiro atoms. The highest BCUT2D eigenvalue weighted by Crippen LogP contribution is 2.28. The normalized spacial score (nSPS) is 12.1. The first-order valence-corrected chi connectivity index (χ1v) is 9.28. The van der Waals surface area contributed by atoms with Crippen molar-refractivity contribution in [2.45, 2.75) is 19.4 Å². The molecule has 0 fully saturated rings. The third kappa shape index (κ3) is 3.42. The molecule has 28 heavy (non-hydrogen) atoms. The van der Waals surface area contributed by atoms with Crippen LogP contribution in [0.15, 0.2) is 48.5 Å².